The minimum atomic E-state index is 0.742. The number of aldehydes is 1. The van der Waals surface area contributed by atoms with Gasteiger partial charge in [-0.15, -0.1) is 11.3 Å². The Morgan fingerprint density at radius 1 is 1.24 bits per heavy atom. The van der Waals surface area contributed by atoms with Crippen molar-refractivity contribution in [1.82, 2.24) is 0 Å². The first-order valence-corrected chi connectivity index (χ1v) is 6.90. The highest BCUT2D eigenvalue weighted by atomic mass is 79.9. The average Bonchev–Trinajstić information content (AvgIpc) is 2.85. The van der Waals surface area contributed by atoms with Crippen LogP contribution in [0.2, 0.25) is 0 Å². The molecular weight excluding hydrogens is 296 g/mol. The molecule has 86 valence electrons. The fourth-order valence-electron chi connectivity index (χ4n) is 1.52. The van der Waals surface area contributed by atoms with Gasteiger partial charge in [0.15, 0.2) is 0 Å². The predicted octanol–water partition coefficient (Wildman–Crippen LogP) is 4.34. The minimum Gasteiger partial charge on any atom is -0.298 e. The molecule has 17 heavy (non-hydrogen) atoms. The van der Waals surface area contributed by atoms with Crippen molar-refractivity contribution < 1.29 is 4.79 Å². The largest absolute Gasteiger partial charge is 0.298 e. The predicted molar refractivity (Wildman–Crippen MR) is 76.2 cm³/mol. The Bertz CT molecular complexity index is 512. The Morgan fingerprint density at radius 3 is 2.59 bits per heavy atom. The van der Waals surface area contributed by atoms with Gasteiger partial charge >= 0.3 is 0 Å². The average molecular weight is 307 g/mol. The van der Waals surface area contributed by atoms with Crippen molar-refractivity contribution in [3.8, 4) is 0 Å². The van der Waals surface area contributed by atoms with E-state index in [-0.39, 0.29) is 0 Å². The quantitative estimate of drug-likeness (QED) is 0.607. The third-order valence-electron chi connectivity index (χ3n) is 2.41. The maximum atomic E-state index is 11.1. The van der Waals surface area contributed by atoms with Gasteiger partial charge in [-0.05, 0) is 29.1 Å². The van der Waals surface area contributed by atoms with Crippen LogP contribution in [0.4, 0.5) is 0 Å². The van der Waals surface area contributed by atoms with Crippen molar-refractivity contribution in [2.45, 2.75) is 6.42 Å². The van der Waals surface area contributed by atoms with Gasteiger partial charge in [-0.3, -0.25) is 4.79 Å². The molecule has 0 atom stereocenters. The molecule has 0 aliphatic carbocycles. The highest BCUT2D eigenvalue weighted by Gasteiger charge is 2.00. The number of halogens is 1. The van der Waals surface area contributed by atoms with E-state index in [1.165, 1.54) is 4.88 Å². The molecule has 0 radical (unpaired) electrons. The summed E-state index contributed by atoms with van der Waals surface area (Å²) in [6.45, 7) is 0. The molecule has 0 saturated carbocycles. The Morgan fingerprint density at radius 2 is 2.00 bits per heavy atom. The molecule has 0 saturated heterocycles. The van der Waals surface area contributed by atoms with Gasteiger partial charge in [0, 0.05) is 21.3 Å². The molecule has 1 heterocycles. The van der Waals surface area contributed by atoms with Crippen LogP contribution in [0.1, 0.15) is 10.4 Å². The molecule has 2 aromatic rings. The van der Waals surface area contributed by atoms with Crippen LogP contribution in [-0.4, -0.2) is 6.29 Å². The second-order valence-electron chi connectivity index (χ2n) is 3.57. The van der Waals surface area contributed by atoms with Crippen LogP contribution in [0, 0.1) is 0 Å². The highest BCUT2D eigenvalue weighted by molar-refractivity contribution is 9.10. The molecule has 1 nitrogen and oxygen atoms in total. The lowest BCUT2D eigenvalue weighted by Gasteiger charge is -2.00. The van der Waals surface area contributed by atoms with E-state index in [4.69, 9.17) is 0 Å². The van der Waals surface area contributed by atoms with Crippen LogP contribution in [-0.2, 0) is 11.2 Å². The summed E-state index contributed by atoms with van der Waals surface area (Å²) in [4.78, 5) is 12.3. The van der Waals surface area contributed by atoms with Gasteiger partial charge in [-0.1, -0.05) is 40.2 Å². The summed E-state index contributed by atoms with van der Waals surface area (Å²) < 4.78 is 1.02. The van der Waals surface area contributed by atoms with Crippen LogP contribution in [0.3, 0.4) is 0 Å². The third-order valence-corrected chi connectivity index (χ3v) is 3.84. The normalized spacial score (nSPS) is 11.5. The van der Waals surface area contributed by atoms with Gasteiger partial charge in [-0.25, -0.2) is 0 Å². The molecule has 3 heteroatoms. The van der Waals surface area contributed by atoms with E-state index in [0.717, 1.165) is 28.3 Å². The molecule has 0 N–H and O–H groups in total. The van der Waals surface area contributed by atoms with E-state index < -0.39 is 0 Å². The first kappa shape index (κ1) is 12.3. The number of carbonyl (C=O) groups is 1. The summed E-state index contributed by atoms with van der Waals surface area (Å²) in [5, 5.41) is 2.05. The standard InChI is InChI=1S/C14H11BrOS/c15-13-6-3-11(4-7-13)12(10-16)5-8-14-2-1-9-17-14/h1-7,9-10H,8H2. The van der Waals surface area contributed by atoms with Crippen LogP contribution < -0.4 is 0 Å². The summed E-state index contributed by atoms with van der Waals surface area (Å²) in [6.07, 6.45) is 3.70. The molecule has 0 amide bonds. The number of rotatable bonds is 4. The van der Waals surface area contributed by atoms with Crippen LogP contribution in [0.25, 0.3) is 5.57 Å². The van der Waals surface area contributed by atoms with Gasteiger partial charge in [0.1, 0.15) is 6.29 Å². The van der Waals surface area contributed by atoms with Gasteiger partial charge in [-0.2, -0.15) is 0 Å². The molecule has 0 aliphatic heterocycles. The Labute approximate surface area is 113 Å². The van der Waals surface area contributed by atoms with Crippen molar-refractivity contribution in [3.05, 3.63) is 62.8 Å². The zero-order chi connectivity index (χ0) is 12.1. The molecule has 0 fully saturated rings. The molecular formula is C14H11BrOS. The first-order chi connectivity index (χ1) is 8.29. The molecule has 1 aromatic heterocycles. The summed E-state index contributed by atoms with van der Waals surface area (Å²) in [7, 11) is 0. The second kappa shape index (κ2) is 5.94. The molecule has 1 aromatic carbocycles. The topological polar surface area (TPSA) is 17.1 Å². The van der Waals surface area contributed by atoms with Gasteiger partial charge in [0.05, 0.1) is 0 Å². The Kier molecular flexibility index (Phi) is 4.29. The van der Waals surface area contributed by atoms with E-state index in [9.17, 15) is 4.79 Å². The van der Waals surface area contributed by atoms with E-state index >= 15 is 0 Å². The van der Waals surface area contributed by atoms with Crippen molar-refractivity contribution in [2.75, 3.05) is 0 Å². The van der Waals surface area contributed by atoms with E-state index in [1.54, 1.807) is 11.3 Å². The second-order valence-corrected chi connectivity index (χ2v) is 5.52. The van der Waals surface area contributed by atoms with Gasteiger partial charge in [0.2, 0.25) is 0 Å². The molecule has 0 bridgehead atoms. The number of hydrogen-bond donors (Lipinski definition) is 0. The smallest absolute Gasteiger partial charge is 0.150 e. The number of hydrogen-bond acceptors (Lipinski definition) is 2. The van der Waals surface area contributed by atoms with Crippen molar-refractivity contribution in [3.63, 3.8) is 0 Å². The third kappa shape index (κ3) is 3.38. The number of thiophene rings is 1. The maximum Gasteiger partial charge on any atom is 0.150 e. The Balaban J connectivity index is 2.18. The van der Waals surface area contributed by atoms with E-state index in [0.29, 0.717) is 0 Å². The van der Waals surface area contributed by atoms with Crippen LogP contribution in [0.15, 0.2) is 52.3 Å². The van der Waals surface area contributed by atoms with Crippen LogP contribution >= 0.6 is 27.3 Å². The summed E-state index contributed by atoms with van der Waals surface area (Å²) in [6, 6.07) is 11.9. The lowest BCUT2D eigenvalue weighted by Crippen LogP contribution is -1.87. The fourth-order valence-corrected chi connectivity index (χ4v) is 2.45. The lowest BCUT2D eigenvalue weighted by atomic mass is 10.1. The fraction of sp³-hybridized carbons (Fsp3) is 0.0714. The molecule has 0 aliphatic rings. The zero-order valence-corrected chi connectivity index (χ0v) is 11.5. The monoisotopic (exact) mass is 306 g/mol. The van der Waals surface area contributed by atoms with E-state index in [1.807, 2.05) is 41.8 Å². The molecule has 0 unspecified atom stereocenters. The number of benzene rings is 1. The van der Waals surface area contributed by atoms with Crippen molar-refractivity contribution in [1.29, 1.82) is 0 Å². The van der Waals surface area contributed by atoms with Crippen molar-refractivity contribution >= 4 is 39.1 Å². The van der Waals surface area contributed by atoms with Gasteiger partial charge in [0.25, 0.3) is 0 Å². The molecule has 2 rings (SSSR count). The van der Waals surface area contributed by atoms with E-state index in [2.05, 4.69) is 22.0 Å². The first-order valence-electron chi connectivity index (χ1n) is 5.23. The minimum absolute atomic E-state index is 0.742. The Hall–Kier alpha value is -1.19. The highest BCUT2D eigenvalue weighted by Crippen LogP contribution is 2.18. The number of carbonyl (C=O) groups excluding carboxylic acids is 1. The summed E-state index contributed by atoms with van der Waals surface area (Å²) in [5.41, 5.74) is 1.70. The van der Waals surface area contributed by atoms with Crippen molar-refractivity contribution in [2.24, 2.45) is 0 Å². The SMILES string of the molecule is O=CC(=CCc1cccs1)c1ccc(Br)cc1. The zero-order valence-electron chi connectivity index (χ0n) is 9.10. The summed E-state index contributed by atoms with van der Waals surface area (Å²) in [5.74, 6) is 0. The lowest BCUT2D eigenvalue weighted by molar-refractivity contribution is -0.103. The summed E-state index contributed by atoms with van der Waals surface area (Å²) >= 11 is 5.09. The maximum absolute atomic E-state index is 11.1. The van der Waals surface area contributed by atoms with Crippen LogP contribution in [0.5, 0.6) is 0 Å². The number of allylic oxidation sites excluding steroid dienone is 2. The molecule has 0 spiro atoms. The van der Waals surface area contributed by atoms with Gasteiger partial charge < -0.3 is 0 Å².